The maximum absolute atomic E-state index is 14.1. The number of rotatable bonds is 9. The van der Waals surface area contributed by atoms with Crippen LogP contribution >= 0.6 is 0 Å². The fourth-order valence-electron chi connectivity index (χ4n) is 3.29. The van der Waals surface area contributed by atoms with E-state index in [9.17, 15) is 27.5 Å². The van der Waals surface area contributed by atoms with Crippen LogP contribution in [0.4, 0.5) is 17.6 Å². The summed E-state index contributed by atoms with van der Waals surface area (Å²) < 4.78 is 52.1. The minimum absolute atomic E-state index is 0. The molecule has 1 radical (unpaired) electrons. The number of halogens is 4. The van der Waals surface area contributed by atoms with E-state index in [2.05, 4.69) is 15.5 Å². The third-order valence-corrected chi connectivity index (χ3v) is 5.08. The number of nitrogens with zero attached hydrogens (tertiary/aromatic N) is 2. The Bertz CT molecular complexity index is 670. The molecule has 0 spiro atoms. The molecular formula is C20H28AcF4N3O2-. The van der Waals surface area contributed by atoms with Gasteiger partial charge in [0, 0.05) is 50.6 Å². The summed E-state index contributed by atoms with van der Waals surface area (Å²) in [5.74, 6) is -2.06. The van der Waals surface area contributed by atoms with Crippen molar-refractivity contribution in [2.45, 2.75) is 50.9 Å². The summed E-state index contributed by atoms with van der Waals surface area (Å²) in [5.41, 5.74) is -1.62. The summed E-state index contributed by atoms with van der Waals surface area (Å²) in [5, 5.41) is 17.4. The number of carbonyl (C=O) groups is 1. The molecule has 1 amide bonds. The number of aliphatic hydroxyl groups is 1. The number of alkyl halides is 3. The van der Waals surface area contributed by atoms with Crippen LogP contribution in [0.1, 0.15) is 48.5 Å². The fourth-order valence-corrected chi connectivity index (χ4v) is 3.29. The number of benzene rings is 1. The molecule has 1 aromatic rings. The van der Waals surface area contributed by atoms with E-state index < -0.39 is 41.2 Å². The van der Waals surface area contributed by atoms with E-state index in [1.165, 1.54) is 0 Å². The molecule has 0 bridgehead atoms. The van der Waals surface area contributed by atoms with Crippen molar-refractivity contribution >= 4 is 5.91 Å². The van der Waals surface area contributed by atoms with E-state index in [-0.39, 0.29) is 44.1 Å². The maximum Gasteiger partial charge on any atom is 0.416 e. The molecule has 10 heteroatoms. The van der Waals surface area contributed by atoms with Crippen LogP contribution in [0.3, 0.4) is 0 Å². The van der Waals surface area contributed by atoms with Crippen molar-refractivity contribution < 1.29 is 71.5 Å². The van der Waals surface area contributed by atoms with Gasteiger partial charge in [-0.05, 0) is 44.1 Å². The van der Waals surface area contributed by atoms with Crippen molar-refractivity contribution in [3.8, 4) is 0 Å². The van der Waals surface area contributed by atoms with Crippen LogP contribution in [0.25, 0.3) is 5.32 Å². The number of piperazine rings is 1. The zero-order chi connectivity index (χ0) is 21.4. The molecule has 167 valence electrons. The number of amides is 1. The minimum atomic E-state index is -4.68. The van der Waals surface area contributed by atoms with Crippen molar-refractivity contribution in [2.24, 2.45) is 0 Å². The van der Waals surface area contributed by atoms with Gasteiger partial charge in [0.15, 0.2) is 0 Å². The van der Waals surface area contributed by atoms with Crippen molar-refractivity contribution in [1.29, 1.82) is 0 Å². The predicted octanol–water partition coefficient (Wildman–Crippen LogP) is 3.57. The molecule has 1 saturated heterocycles. The Kier molecular flexibility index (Phi) is 12.3. The van der Waals surface area contributed by atoms with Crippen LogP contribution in [-0.2, 0) is 6.18 Å². The van der Waals surface area contributed by atoms with Crippen LogP contribution in [-0.4, -0.2) is 60.8 Å². The molecule has 2 N–H and O–H groups in total. The van der Waals surface area contributed by atoms with Gasteiger partial charge < -0.3 is 20.6 Å². The Labute approximate surface area is 210 Å². The number of hydrogen-bond acceptors (Lipinski definition) is 3. The van der Waals surface area contributed by atoms with Gasteiger partial charge in [-0.15, -0.1) is 13.1 Å². The Morgan fingerprint density at radius 1 is 1.27 bits per heavy atom. The molecule has 0 aliphatic carbocycles. The Hall–Kier alpha value is -0.268. The minimum Gasteiger partial charge on any atom is -0.660 e. The number of nitrogens with one attached hydrogen (secondary N) is 1. The third kappa shape index (κ3) is 8.70. The fraction of sp³-hybridized carbons (Fsp3) is 0.650. The van der Waals surface area contributed by atoms with Gasteiger partial charge in [0.05, 0.1) is 23.3 Å². The molecule has 5 nitrogen and oxygen atoms in total. The Morgan fingerprint density at radius 3 is 2.50 bits per heavy atom. The van der Waals surface area contributed by atoms with Crippen molar-refractivity contribution in [3.05, 3.63) is 40.5 Å². The Balaban J connectivity index is 0.00000450. The molecule has 0 saturated carbocycles. The van der Waals surface area contributed by atoms with Crippen LogP contribution in [0.15, 0.2) is 18.2 Å². The normalized spacial score (nSPS) is 17.1. The molecule has 1 fully saturated rings. The number of unbranched alkanes of at least 4 members (excludes halogenated alkanes) is 1. The van der Waals surface area contributed by atoms with Crippen LogP contribution in [0, 0.1) is 49.9 Å². The van der Waals surface area contributed by atoms with Gasteiger partial charge >= 0.3 is 6.18 Å². The number of hydrogen-bond donors (Lipinski definition) is 2. The first-order chi connectivity index (χ1) is 13.7. The molecule has 1 heterocycles. The zero-order valence-electron chi connectivity index (χ0n) is 17.1. The molecule has 1 aliphatic heterocycles. The Morgan fingerprint density at radius 2 is 1.93 bits per heavy atom. The van der Waals surface area contributed by atoms with E-state index in [1.807, 2.05) is 6.92 Å². The van der Waals surface area contributed by atoms with Gasteiger partial charge in [-0.1, -0.05) is 19.8 Å². The van der Waals surface area contributed by atoms with Crippen LogP contribution in [0.5, 0.6) is 0 Å². The number of carbonyl (C=O) groups excluding carboxylic acids is 1. The first kappa shape index (κ1) is 27.8. The monoisotopic (exact) mass is 645 g/mol. The van der Waals surface area contributed by atoms with Crippen molar-refractivity contribution in [2.75, 3.05) is 32.7 Å². The van der Waals surface area contributed by atoms with E-state index in [4.69, 9.17) is 0 Å². The van der Waals surface area contributed by atoms with Crippen LogP contribution in [0.2, 0.25) is 0 Å². The molecule has 1 aromatic carbocycles. The average molecular weight is 645 g/mol. The zero-order valence-corrected chi connectivity index (χ0v) is 21.8. The molecule has 2 unspecified atom stereocenters. The largest absolute Gasteiger partial charge is 0.660 e. The molecule has 2 atom stereocenters. The summed E-state index contributed by atoms with van der Waals surface area (Å²) in [6, 6.07) is 1.22. The van der Waals surface area contributed by atoms with Crippen molar-refractivity contribution in [1.82, 2.24) is 10.2 Å². The number of aliphatic hydroxyl groups excluding tert-OH is 1. The molecular weight excluding hydrogens is 617 g/mol. The second-order valence-corrected chi connectivity index (χ2v) is 7.28. The summed E-state index contributed by atoms with van der Waals surface area (Å²) in [4.78, 5) is 14.6. The van der Waals surface area contributed by atoms with E-state index in [1.54, 1.807) is 0 Å². The summed E-state index contributed by atoms with van der Waals surface area (Å²) in [7, 11) is 0. The quantitative estimate of drug-likeness (QED) is 0.404. The van der Waals surface area contributed by atoms with Crippen LogP contribution < -0.4 is 5.32 Å². The summed E-state index contributed by atoms with van der Waals surface area (Å²) in [6.07, 6.45) is -2.98. The summed E-state index contributed by atoms with van der Waals surface area (Å²) >= 11 is 0. The predicted molar refractivity (Wildman–Crippen MR) is 102 cm³/mol. The smallest absolute Gasteiger partial charge is 0.416 e. The van der Waals surface area contributed by atoms with E-state index >= 15 is 0 Å². The van der Waals surface area contributed by atoms with Crippen molar-refractivity contribution in [3.63, 3.8) is 0 Å². The van der Waals surface area contributed by atoms with E-state index in [0.717, 1.165) is 45.1 Å². The molecule has 30 heavy (non-hydrogen) atoms. The molecule has 0 aromatic heterocycles. The second-order valence-electron chi connectivity index (χ2n) is 7.28. The first-order valence-electron chi connectivity index (χ1n) is 9.93. The van der Waals surface area contributed by atoms with Gasteiger partial charge in [0.25, 0.3) is 5.91 Å². The SMILES string of the molecule is CCCCC(NC(=O)c1ccc(C(F)(F)F)cc1F)C(O)CCN1CC[N-]CC1.[Ac]. The first-order valence-corrected chi connectivity index (χ1v) is 9.93. The molecule has 2 rings (SSSR count). The van der Waals surface area contributed by atoms with Gasteiger partial charge in [0.2, 0.25) is 0 Å². The standard InChI is InChI=1S/C20H28F4N3O2.Ac/c1-2-3-4-17(18(28)7-10-27-11-8-25-9-12-27)26-19(29)15-6-5-14(13-16(15)21)20(22,23)24;/h5-6,13,17-18,28H,2-4,7-12H2,1H3,(H,26,29);/q-1;. The maximum atomic E-state index is 14.1. The topological polar surface area (TPSA) is 66.7 Å². The van der Waals surface area contributed by atoms with Gasteiger partial charge in [0.1, 0.15) is 5.82 Å². The van der Waals surface area contributed by atoms with Gasteiger partial charge in [-0.25, -0.2) is 4.39 Å². The summed E-state index contributed by atoms with van der Waals surface area (Å²) in [6.45, 7) is 5.81. The third-order valence-electron chi connectivity index (χ3n) is 5.08. The second kappa shape index (κ2) is 13.3. The average Bonchev–Trinajstić information content (AvgIpc) is 2.69. The van der Waals surface area contributed by atoms with Gasteiger partial charge in [-0.2, -0.15) is 13.2 Å². The van der Waals surface area contributed by atoms with E-state index in [0.29, 0.717) is 31.5 Å². The molecule has 1 aliphatic rings. The van der Waals surface area contributed by atoms with Gasteiger partial charge in [-0.3, -0.25) is 4.79 Å².